The van der Waals surface area contributed by atoms with E-state index in [1.807, 2.05) is 72.8 Å². The number of aromatic nitrogens is 3. The average molecular weight is 1040 g/mol. The maximum Gasteiger partial charge on any atom is 0.569 e. The van der Waals surface area contributed by atoms with Gasteiger partial charge in [0.25, 0.3) is 0 Å². The minimum atomic E-state index is -0.148. The first-order valence-electron chi connectivity index (χ1n) is 26.6. The number of hydrogen-bond donors (Lipinski definition) is 2. The highest BCUT2D eigenvalue weighted by Crippen LogP contribution is 2.40. The van der Waals surface area contributed by atoms with Crippen molar-refractivity contribution < 1.29 is 19.4 Å². The van der Waals surface area contributed by atoms with Crippen molar-refractivity contribution in [3.8, 4) is 45.1 Å². The van der Waals surface area contributed by atoms with E-state index >= 15 is 0 Å². The van der Waals surface area contributed by atoms with E-state index in [0.29, 0.717) is 26.9 Å². The Morgan fingerprint density at radius 1 is 0.375 bits per heavy atom. The van der Waals surface area contributed by atoms with Crippen LogP contribution >= 0.6 is 0 Å². The van der Waals surface area contributed by atoms with Crippen LogP contribution in [0.1, 0.15) is 20.8 Å². The molecule has 3 aromatic heterocycles. The number of anilines is 5. The molecule has 9 nitrogen and oxygen atoms in total. The number of benzene rings is 10. The summed E-state index contributed by atoms with van der Waals surface area (Å²) >= 11 is 0. The molecule has 0 amide bonds. The molecule has 0 aliphatic carbocycles. The summed E-state index contributed by atoms with van der Waals surface area (Å²) in [5.74, 6) is 1.95. The largest absolute Gasteiger partial charge is 0.569 e. The van der Waals surface area contributed by atoms with Crippen molar-refractivity contribution in [2.24, 2.45) is 0 Å². The molecule has 0 bridgehead atoms. The summed E-state index contributed by atoms with van der Waals surface area (Å²) in [6, 6.07) is 90.1. The van der Waals surface area contributed by atoms with Crippen LogP contribution in [0.4, 0.5) is 28.6 Å². The molecule has 0 fully saturated rings. The number of rotatable bonds is 13. The van der Waals surface area contributed by atoms with Gasteiger partial charge in [0, 0.05) is 67.4 Å². The van der Waals surface area contributed by atoms with Gasteiger partial charge in [0.1, 0.15) is 17.3 Å². The van der Waals surface area contributed by atoms with Crippen molar-refractivity contribution in [3.05, 3.63) is 267 Å². The van der Waals surface area contributed by atoms with Crippen molar-refractivity contribution in [3.63, 3.8) is 0 Å². The van der Waals surface area contributed by atoms with Crippen LogP contribution < -0.4 is 19.1 Å². The van der Waals surface area contributed by atoms with Crippen molar-refractivity contribution in [1.29, 1.82) is 0 Å². The van der Waals surface area contributed by atoms with Crippen LogP contribution in [0.15, 0.2) is 267 Å². The Kier molecular flexibility index (Phi) is 14.2. The second kappa shape index (κ2) is 22.3. The fraction of sp³-hybridized carbons (Fsp3) is 0.0580. The maximum absolute atomic E-state index is 8.97. The van der Waals surface area contributed by atoms with E-state index in [-0.39, 0.29) is 5.54 Å². The number of para-hydroxylation sites is 4. The number of nitrogens with zero attached hydrogens (tertiary/aromatic N) is 5. The quantitative estimate of drug-likeness (QED) is 0.111. The van der Waals surface area contributed by atoms with Crippen molar-refractivity contribution >= 4 is 87.5 Å². The summed E-state index contributed by atoms with van der Waals surface area (Å²) in [5, 5.41) is 22.9. The molecule has 0 atom stereocenters. The van der Waals surface area contributed by atoms with Crippen molar-refractivity contribution in [2.75, 3.05) is 9.80 Å². The van der Waals surface area contributed by atoms with Gasteiger partial charge in [-0.1, -0.05) is 115 Å². The molecule has 80 heavy (non-hydrogen) atoms. The Labute approximate surface area is 467 Å². The molecule has 0 aliphatic rings. The molecule has 0 unspecified atom stereocenters. The average Bonchev–Trinajstić information content (AvgIpc) is 4.02. The standard InChI is InChI=1S/C35H25BN3O2.C34H30BN2O2/c40-36-41-30-20-18-29(19-21-30)38(35-12-6-7-23-37-35)28-16-13-25(14-17-28)26-15-22-34-32(24-26)31-10-4-5-11-33(31)39(34)27-8-2-1-3-9-27;1-34(2,3)37(28-18-20-29(21-19-28)39-35-38)27-16-13-24(14-17-27)25-15-22-33-31(23-25)30-11-7-8-12-32(30)36(33)26-9-5-4-6-10-26/h1-24,40H;4-23,38H,1-3H3. The molecule has 11 heteroatoms. The molecule has 13 aromatic rings. The zero-order valence-electron chi connectivity index (χ0n) is 44.5. The van der Waals surface area contributed by atoms with Crippen LogP contribution in [0.3, 0.4) is 0 Å². The van der Waals surface area contributed by atoms with E-state index in [0.717, 1.165) is 51.1 Å². The summed E-state index contributed by atoms with van der Waals surface area (Å²) in [5.41, 5.74) is 15.7. The Bertz CT molecular complexity index is 4230. The fourth-order valence-electron chi connectivity index (χ4n) is 10.9. The zero-order valence-corrected chi connectivity index (χ0v) is 44.5. The predicted molar refractivity (Wildman–Crippen MR) is 330 cm³/mol. The second-order valence-electron chi connectivity index (χ2n) is 20.4. The van der Waals surface area contributed by atoms with Gasteiger partial charge in [-0.3, -0.25) is 4.90 Å². The highest BCUT2D eigenvalue weighted by molar-refractivity contribution is 6.17. The molecule has 386 valence electrons. The highest BCUT2D eigenvalue weighted by Gasteiger charge is 2.24. The summed E-state index contributed by atoms with van der Waals surface area (Å²) in [6.07, 6.45) is 1.79. The van der Waals surface area contributed by atoms with Gasteiger partial charge in [0.15, 0.2) is 0 Å². The molecule has 10 aromatic carbocycles. The summed E-state index contributed by atoms with van der Waals surface area (Å²) in [4.78, 5) is 9.00. The lowest BCUT2D eigenvalue weighted by molar-refractivity contribution is 0.453. The minimum Gasteiger partial charge on any atom is -0.537 e. The molecule has 2 radical (unpaired) electrons. The number of hydrogen-bond acceptors (Lipinski definition) is 7. The lowest BCUT2D eigenvalue weighted by atomic mass is 10.00. The third-order valence-electron chi connectivity index (χ3n) is 14.4. The third kappa shape index (κ3) is 10.1. The Morgan fingerprint density at radius 3 is 1.18 bits per heavy atom. The van der Waals surface area contributed by atoms with Gasteiger partial charge in [0.05, 0.1) is 22.1 Å². The van der Waals surface area contributed by atoms with Gasteiger partial charge in [-0.25, -0.2) is 4.98 Å². The van der Waals surface area contributed by atoms with Crippen LogP contribution in [0.25, 0.3) is 77.2 Å². The first-order chi connectivity index (χ1) is 39.2. The van der Waals surface area contributed by atoms with Gasteiger partial charge in [0.2, 0.25) is 0 Å². The summed E-state index contributed by atoms with van der Waals surface area (Å²) in [7, 11) is 1.38. The molecule has 0 aliphatic heterocycles. The second-order valence-corrected chi connectivity index (χ2v) is 20.4. The minimum absolute atomic E-state index is 0.148. The molecular formula is C69H55B2N5O4. The van der Waals surface area contributed by atoms with E-state index in [2.05, 4.69) is 233 Å². The molecular weight excluding hydrogens is 984 g/mol. The Hall–Kier alpha value is -9.80. The topological polar surface area (TPSA) is 88.1 Å². The fourth-order valence-corrected chi connectivity index (χ4v) is 10.9. The van der Waals surface area contributed by atoms with Crippen molar-refractivity contribution in [1.82, 2.24) is 14.1 Å². The highest BCUT2D eigenvalue weighted by atomic mass is 16.5. The summed E-state index contributed by atoms with van der Waals surface area (Å²) in [6.45, 7) is 6.59. The molecule has 0 spiro atoms. The van der Waals surface area contributed by atoms with Gasteiger partial charge in [-0.15, -0.1) is 0 Å². The van der Waals surface area contributed by atoms with Crippen LogP contribution in [0.5, 0.6) is 11.5 Å². The monoisotopic (exact) mass is 1040 g/mol. The van der Waals surface area contributed by atoms with E-state index in [1.54, 1.807) is 6.20 Å². The van der Waals surface area contributed by atoms with Crippen LogP contribution in [0.2, 0.25) is 0 Å². The molecule has 0 saturated heterocycles. The van der Waals surface area contributed by atoms with E-state index in [4.69, 9.17) is 19.4 Å². The predicted octanol–water partition coefficient (Wildman–Crippen LogP) is 16.5. The van der Waals surface area contributed by atoms with Gasteiger partial charge < -0.3 is 33.4 Å². The Morgan fingerprint density at radius 2 is 0.750 bits per heavy atom. The van der Waals surface area contributed by atoms with E-state index in [9.17, 15) is 0 Å². The maximum atomic E-state index is 8.97. The molecule has 3 heterocycles. The lowest BCUT2D eigenvalue weighted by Crippen LogP contribution is -2.37. The first kappa shape index (κ1) is 51.0. The van der Waals surface area contributed by atoms with Crippen molar-refractivity contribution in [2.45, 2.75) is 26.3 Å². The SMILES string of the molecule is CC(C)(C)N(c1ccc(O[B]O)cc1)c1ccc(-c2ccc3c(c2)c2ccccc2n3-c2ccccc2)cc1.O[B]Oc1ccc(N(c2ccc(-c3ccc4c(c3)c3ccccc3n4-c3ccccc3)cc2)c2ccccn2)cc1. The first-order valence-corrected chi connectivity index (χ1v) is 26.6. The number of fused-ring (bicyclic) bond motifs is 6. The third-order valence-corrected chi connectivity index (χ3v) is 14.4. The van der Waals surface area contributed by atoms with Gasteiger partial charge in [-0.2, -0.15) is 0 Å². The van der Waals surface area contributed by atoms with E-state index in [1.165, 1.54) is 54.7 Å². The van der Waals surface area contributed by atoms with Crippen LogP contribution in [-0.4, -0.2) is 45.1 Å². The summed E-state index contributed by atoms with van der Waals surface area (Å²) < 4.78 is 14.9. The smallest absolute Gasteiger partial charge is 0.537 e. The van der Waals surface area contributed by atoms with E-state index < -0.39 is 0 Å². The Balaban J connectivity index is 0.000000159. The van der Waals surface area contributed by atoms with Gasteiger partial charge >= 0.3 is 15.4 Å². The number of pyridine rings is 1. The zero-order chi connectivity index (χ0) is 54.6. The normalized spacial score (nSPS) is 11.3. The lowest BCUT2D eigenvalue weighted by Gasteiger charge is -2.38. The molecule has 13 rings (SSSR count). The van der Waals surface area contributed by atoms with Crippen LogP contribution in [0, 0.1) is 0 Å². The van der Waals surface area contributed by atoms with Crippen LogP contribution in [-0.2, 0) is 0 Å². The van der Waals surface area contributed by atoms with Gasteiger partial charge in [-0.05, 0) is 189 Å². The molecule has 0 saturated carbocycles. The molecule has 2 N–H and O–H groups in total.